The van der Waals surface area contributed by atoms with Crippen molar-refractivity contribution in [3.05, 3.63) is 35.7 Å². The zero-order valence-corrected chi connectivity index (χ0v) is 15.3. The molecule has 1 saturated heterocycles. The van der Waals surface area contributed by atoms with E-state index in [1.165, 1.54) is 0 Å². The van der Waals surface area contributed by atoms with E-state index in [1.807, 2.05) is 31.2 Å². The fourth-order valence-corrected chi connectivity index (χ4v) is 2.87. The van der Waals surface area contributed by atoms with Crippen LogP contribution in [0.3, 0.4) is 0 Å². The second kappa shape index (κ2) is 7.88. The SMILES string of the molecule is COc1ccccc1-c1nc(CC(=O)NCCC2(C)OCCO2)c(C)o1. The number of nitrogens with one attached hydrogen (secondary N) is 1. The Balaban J connectivity index is 1.59. The predicted molar refractivity (Wildman–Crippen MR) is 94.9 cm³/mol. The normalized spacial score (nSPS) is 15.8. The number of methoxy groups -OCH3 is 1. The molecule has 2 heterocycles. The lowest BCUT2D eigenvalue weighted by Crippen LogP contribution is -2.34. The molecule has 0 atom stereocenters. The largest absolute Gasteiger partial charge is 0.496 e. The molecule has 7 heteroatoms. The Bertz CT molecular complexity index is 765. The van der Waals surface area contributed by atoms with E-state index in [4.69, 9.17) is 18.6 Å². The molecule has 1 fully saturated rings. The average molecular weight is 360 g/mol. The minimum absolute atomic E-state index is 0.116. The summed E-state index contributed by atoms with van der Waals surface area (Å²) in [6.07, 6.45) is 0.756. The van der Waals surface area contributed by atoms with E-state index in [1.54, 1.807) is 14.0 Å². The van der Waals surface area contributed by atoms with Gasteiger partial charge in [0.2, 0.25) is 11.8 Å². The minimum atomic E-state index is -0.603. The molecule has 0 spiro atoms. The highest BCUT2D eigenvalue weighted by Crippen LogP contribution is 2.30. The van der Waals surface area contributed by atoms with Crippen molar-refractivity contribution < 1.29 is 23.4 Å². The van der Waals surface area contributed by atoms with Gasteiger partial charge in [-0.1, -0.05) is 12.1 Å². The first-order valence-corrected chi connectivity index (χ1v) is 8.65. The van der Waals surface area contributed by atoms with Crippen molar-refractivity contribution in [3.8, 4) is 17.2 Å². The molecular formula is C19H24N2O5. The molecule has 3 rings (SSSR count). The standard InChI is InChI=1S/C19H24N2O5/c1-13-15(12-17(22)20-9-8-19(2)24-10-11-25-19)21-18(26-13)14-6-4-5-7-16(14)23-3/h4-7H,8-12H2,1-3H3,(H,20,22). The Hall–Kier alpha value is -2.38. The van der Waals surface area contributed by atoms with Gasteiger partial charge in [0, 0.05) is 13.0 Å². The van der Waals surface area contributed by atoms with Crippen LogP contribution in [0.4, 0.5) is 0 Å². The van der Waals surface area contributed by atoms with Crippen molar-refractivity contribution in [2.45, 2.75) is 32.5 Å². The molecule has 0 saturated carbocycles. The maximum absolute atomic E-state index is 12.2. The van der Waals surface area contributed by atoms with Gasteiger partial charge >= 0.3 is 0 Å². The van der Waals surface area contributed by atoms with Gasteiger partial charge in [-0.25, -0.2) is 4.98 Å². The average Bonchev–Trinajstić information content (AvgIpc) is 3.21. The highest BCUT2D eigenvalue weighted by atomic mass is 16.7. The summed E-state index contributed by atoms with van der Waals surface area (Å²) in [5.41, 5.74) is 1.37. The maximum Gasteiger partial charge on any atom is 0.230 e. The van der Waals surface area contributed by atoms with Crippen molar-refractivity contribution in [1.82, 2.24) is 10.3 Å². The molecule has 0 unspecified atom stereocenters. The summed E-state index contributed by atoms with van der Waals surface area (Å²) in [6, 6.07) is 7.48. The van der Waals surface area contributed by atoms with Crippen molar-refractivity contribution >= 4 is 5.91 Å². The number of para-hydroxylation sites is 1. The molecule has 1 aliphatic rings. The van der Waals surface area contributed by atoms with Crippen LogP contribution in [-0.4, -0.2) is 43.5 Å². The maximum atomic E-state index is 12.2. The number of nitrogens with zero attached hydrogens (tertiary/aromatic N) is 1. The lowest BCUT2D eigenvalue weighted by Gasteiger charge is -2.22. The van der Waals surface area contributed by atoms with Gasteiger partial charge in [-0.2, -0.15) is 0 Å². The molecule has 1 N–H and O–H groups in total. The quantitative estimate of drug-likeness (QED) is 0.817. The smallest absolute Gasteiger partial charge is 0.230 e. The lowest BCUT2D eigenvalue weighted by molar-refractivity contribution is -0.146. The Labute approximate surface area is 152 Å². The third-order valence-corrected chi connectivity index (χ3v) is 4.36. The number of amides is 1. The Kier molecular flexibility index (Phi) is 5.58. The van der Waals surface area contributed by atoms with Crippen LogP contribution in [0.2, 0.25) is 0 Å². The molecule has 140 valence electrons. The monoisotopic (exact) mass is 360 g/mol. The van der Waals surface area contributed by atoms with Gasteiger partial charge in [-0.3, -0.25) is 4.79 Å². The third kappa shape index (κ3) is 4.23. The molecule has 1 aromatic heterocycles. The zero-order valence-electron chi connectivity index (χ0n) is 15.3. The number of hydrogen-bond donors (Lipinski definition) is 1. The van der Waals surface area contributed by atoms with Crippen LogP contribution in [-0.2, 0) is 20.7 Å². The summed E-state index contributed by atoms with van der Waals surface area (Å²) in [5, 5.41) is 2.88. The topological polar surface area (TPSA) is 82.8 Å². The molecule has 1 amide bonds. The van der Waals surface area contributed by atoms with Crippen molar-refractivity contribution in [1.29, 1.82) is 0 Å². The Morgan fingerprint density at radius 1 is 1.31 bits per heavy atom. The number of aromatic nitrogens is 1. The molecule has 2 aromatic rings. The van der Waals surface area contributed by atoms with Crippen molar-refractivity contribution in [2.75, 3.05) is 26.9 Å². The van der Waals surface area contributed by atoms with Gasteiger partial charge in [0.1, 0.15) is 11.5 Å². The van der Waals surface area contributed by atoms with E-state index < -0.39 is 5.79 Å². The first kappa shape index (κ1) is 18.4. The Morgan fingerprint density at radius 2 is 2.04 bits per heavy atom. The fourth-order valence-electron chi connectivity index (χ4n) is 2.87. The van der Waals surface area contributed by atoms with E-state index >= 15 is 0 Å². The van der Waals surface area contributed by atoms with E-state index in [-0.39, 0.29) is 12.3 Å². The molecule has 0 bridgehead atoms. The molecule has 1 aliphatic heterocycles. The predicted octanol–water partition coefficient (Wildman–Crippen LogP) is 2.47. The summed E-state index contributed by atoms with van der Waals surface area (Å²) < 4.78 is 22.1. The van der Waals surface area contributed by atoms with Gasteiger partial charge < -0.3 is 23.9 Å². The summed E-state index contributed by atoms with van der Waals surface area (Å²) in [4.78, 5) is 16.7. The summed E-state index contributed by atoms with van der Waals surface area (Å²) in [5.74, 6) is 1.02. The molecule has 7 nitrogen and oxygen atoms in total. The number of ether oxygens (including phenoxy) is 3. The van der Waals surface area contributed by atoms with Crippen LogP contribution >= 0.6 is 0 Å². The molecule has 26 heavy (non-hydrogen) atoms. The number of hydrogen-bond acceptors (Lipinski definition) is 6. The Morgan fingerprint density at radius 3 is 2.77 bits per heavy atom. The molecule has 1 aromatic carbocycles. The van der Waals surface area contributed by atoms with Crippen LogP contribution in [0.25, 0.3) is 11.5 Å². The second-order valence-electron chi connectivity index (χ2n) is 6.33. The number of carbonyl (C=O) groups excluding carboxylic acids is 1. The number of oxazole rings is 1. The fraction of sp³-hybridized carbons (Fsp3) is 0.474. The van der Waals surface area contributed by atoms with Crippen LogP contribution < -0.4 is 10.1 Å². The second-order valence-corrected chi connectivity index (χ2v) is 6.33. The highest BCUT2D eigenvalue weighted by molar-refractivity contribution is 5.78. The van der Waals surface area contributed by atoms with Crippen LogP contribution in [0, 0.1) is 6.92 Å². The number of aryl methyl sites for hydroxylation is 1. The highest BCUT2D eigenvalue weighted by Gasteiger charge is 2.30. The van der Waals surface area contributed by atoms with Crippen LogP contribution in [0.15, 0.2) is 28.7 Å². The number of benzene rings is 1. The van der Waals surface area contributed by atoms with E-state index in [2.05, 4.69) is 10.3 Å². The van der Waals surface area contributed by atoms with E-state index in [0.29, 0.717) is 49.3 Å². The number of carbonyl (C=O) groups is 1. The van der Waals surface area contributed by atoms with Crippen molar-refractivity contribution in [3.63, 3.8) is 0 Å². The van der Waals surface area contributed by atoms with Gasteiger partial charge in [-0.05, 0) is 26.0 Å². The van der Waals surface area contributed by atoms with Crippen LogP contribution in [0.5, 0.6) is 5.75 Å². The van der Waals surface area contributed by atoms with E-state index in [9.17, 15) is 4.79 Å². The zero-order chi connectivity index (χ0) is 18.6. The van der Waals surface area contributed by atoms with Gasteiger partial charge in [0.05, 0.1) is 38.0 Å². The van der Waals surface area contributed by atoms with Crippen LogP contribution in [0.1, 0.15) is 24.8 Å². The van der Waals surface area contributed by atoms with E-state index in [0.717, 1.165) is 5.56 Å². The minimum Gasteiger partial charge on any atom is -0.496 e. The lowest BCUT2D eigenvalue weighted by atomic mass is 10.2. The first-order chi connectivity index (χ1) is 12.5. The van der Waals surface area contributed by atoms with Crippen molar-refractivity contribution in [2.24, 2.45) is 0 Å². The number of rotatable bonds is 7. The first-order valence-electron chi connectivity index (χ1n) is 8.65. The molecule has 0 radical (unpaired) electrons. The molecule has 0 aliphatic carbocycles. The third-order valence-electron chi connectivity index (χ3n) is 4.36. The summed E-state index contributed by atoms with van der Waals surface area (Å²) >= 11 is 0. The molecular weight excluding hydrogens is 336 g/mol. The summed E-state index contributed by atoms with van der Waals surface area (Å²) in [6.45, 7) is 5.34. The van der Waals surface area contributed by atoms with Gasteiger partial charge in [-0.15, -0.1) is 0 Å². The summed E-state index contributed by atoms with van der Waals surface area (Å²) in [7, 11) is 1.60. The van der Waals surface area contributed by atoms with Gasteiger partial charge in [0.15, 0.2) is 5.79 Å². The van der Waals surface area contributed by atoms with Gasteiger partial charge in [0.25, 0.3) is 0 Å².